The molecule has 1 saturated heterocycles. The monoisotopic (exact) mass is 346 g/mol. The van der Waals surface area contributed by atoms with E-state index in [2.05, 4.69) is 22.9 Å². The van der Waals surface area contributed by atoms with Crippen molar-refractivity contribution in [2.24, 2.45) is 0 Å². The molecule has 136 valence electrons. The first-order valence-corrected chi connectivity index (χ1v) is 8.67. The van der Waals surface area contributed by atoms with Gasteiger partial charge < -0.3 is 20.9 Å². The van der Waals surface area contributed by atoms with Gasteiger partial charge in [-0.2, -0.15) is 0 Å². The van der Waals surface area contributed by atoms with E-state index < -0.39 is 0 Å². The Hall–Kier alpha value is -2.57. The Balaban J connectivity index is 1.83. The number of hydrogen-bond donors (Lipinski definition) is 3. The molecule has 0 bridgehead atoms. The van der Waals surface area contributed by atoms with Crippen LogP contribution in [0.3, 0.4) is 0 Å². The normalized spacial score (nSPS) is 16.9. The second-order valence-corrected chi connectivity index (χ2v) is 6.28. The number of benzene rings is 1. The smallest absolute Gasteiger partial charge is 0.319 e. The molecule has 25 heavy (non-hydrogen) atoms. The van der Waals surface area contributed by atoms with Gasteiger partial charge in [0.05, 0.1) is 0 Å². The molecule has 0 radical (unpaired) electrons. The summed E-state index contributed by atoms with van der Waals surface area (Å²) >= 11 is 0. The number of nitrogens with zero attached hydrogens (tertiary/aromatic N) is 1. The highest BCUT2D eigenvalue weighted by atomic mass is 16.2. The van der Waals surface area contributed by atoms with Gasteiger partial charge in [-0.1, -0.05) is 0 Å². The van der Waals surface area contributed by atoms with Gasteiger partial charge in [0.15, 0.2) is 0 Å². The molecule has 0 spiro atoms. The molecule has 0 aliphatic carbocycles. The third-order valence-electron chi connectivity index (χ3n) is 4.24. The molecule has 3 N–H and O–H groups in total. The molecule has 1 unspecified atom stereocenters. The van der Waals surface area contributed by atoms with Crippen molar-refractivity contribution in [3.63, 3.8) is 0 Å². The lowest BCUT2D eigenvalue weighted by atomic mass is 10.0. The summed E-state index contributed by atoms with van der Waals surface area (Å²) in [4.78, 5) is 37.0. The van der Waals surface area contributed by atoms with Crippen LogP contribution in [0.2, 0.25) is 0 Å². The fourth-order valence-electron chi connectivity index (χ4n) is 2.85. The highest BCUT2D eigenvalue weighted by Crippen LogP contribution is 2.20. The summed E-state index contributed by atoms with van der Waals surface area (Å²) in [6.07, 6.45) is 3.27. The van der Waals surface area contributed by atoms with Crippen LogP contribution in [0.5, 0.6) is 0 Å². The molecule has 1 fully saturated rings. The Morgan fingerprint density at radius 2 is 1.76 bits per heavy atom. The van der Waals surface area contributed by atoms with E-state index in [0.717, 1.165) is 19.4 Å². The van der Waals surface area contributed by atoms with Crippen molar-refractivity contribution < 1.29 is 14.4 Å². The summed E-state index contributed by atoms with van der Waals surface area (Å²) in [7, 11) is 0. The van der Waals surface area contributed by atoms with E-state index in [1.807, 2.05) is 4.90 Å². The molecule has 0 saturated carbocycles. The number of urea groups is 1. The van der Waals surface area contributed by atoms with E-state index in [1.54, 1.807) is 24.3 Å². The van der Waals surface area contributed by atoms with Crippen LogP contribution >= 0.6 is 0 Å². The maximum atomic E-state index is 12.6. The summed E-state index contributed by atoms with van der Waals surface area (Å²) < 4.78 is 0. The number of carbonyl (C=O) groups excluding carboxylic acids is 3. The van der Waals surface area contributed by atoms with E-state index in [0.29, 0.717) is 24.3 Å². The predicted molar refractivity (Wildman–Crippen MR) is 96.5 cm³/mol. The van der Waals surface area contributed by atoms with Crippen LogP contribution in [0, 0.1) is 0 Å². The average molecular weight is 346 g/mol. The van der Waals surface area contributed by atoms with Gasteiger partial charge >= 0.3 is 6.03 Å². The summed E-state index contributed by atoms with van der Waals surface area (Å²) in [6.45, 7) is 5.03. The van der Waals surface area contributed by atoms with Gasteiger partial charge in [-0.15, -0.1) is 0 Å². The number of piperidine rings is 1. The van der Waals surface area contributed by atoms with Crippen molar-refractivity contribution in [3.05, 3.63) is 29.8 Å². The predicted octanol–water partition coefficient (Wildman–Crippen LogP) is 1.96. The maximum Gasteiger partial charge on any atom is 0.319 e. The Morgan fingerprint density at radius 1 is 1.08 bits per heavy atom. The Morgan fingerprint density at radius 3 is 2.40 bits per heavy atom. The lowest BCUT2D eigenvalue weighted by molar-refractivity contribution is -0.118. The number of nitrogens with one attached hydrogen (secondary N) is 3. The SMILES string of the molecule is CC(=O)NCCNC(=O)Nc1ccc(C(=O)N2CCCCC2C)cc1. The fourth-order valence-corrected chi connectivity index (χ4v) is 2.85. The van der Waals surface area contributed by atoms with E-state index >= 15 is 0 Å². The van der Waals surface area contributed by atoms with Crippen LogP contribution in [-0.4, -0.2) is 48.4 Å². The average Bonchev–Trinajstić information content (AvgIpc) is 2.59. The lowest BCUT2D eigenvalue weighted by Gasteiger charge is -2.33. The fraction of sp³-hybridized carbons (Fsp3) is 0.500. The van der Waals surface area contributed by atoms with E-state index in [-0.39, 0.29) is 23.9 Å². The number of hydrogen-bond acceptors (Lipinski definition) is 3. The van der Waals surface area contributed by atoms with Crippen LogP contribution in [0.1, 0.15) is 43.5 Å². The topological polar surface area (TPSA) is 90.5 Å². The van der Waals surface area contributed by atoms with Gasteiger partial charge in [-0.25, -0.2) is 4.79 Å². The lowest BCUT2D eigenvalue weighted by Crippen LogP contribution is -2.42. The second kappa shape index (κ2) is 9.05. The van der Waals surface area contributed by atoms with Gasteiger partial charge in [0, 0.05) is 43.9 Å². The van der Waals surface area contributed by atoms with Gasteiger partial charge in [0.25, 0.3) is 5.91 Å². The number of anilines is 1. The Bertz CT molecular complexity index is 615. The van der Waals surface area contributed by atoms with Crippen molar-refractivity contribution in [1.29, 1.82) is 0 Å². The minimum absolute atomic E-state index is 0.0403. The van der Waals surface area contributed by atoms with Crippen LogP contribution < -0.4 is 16.0 Å². The third-order valence-corrected chi connectivity index (χ3v) is 4.24. The van der Waals surface area contributed by atoms with Crippen molar-refractivity contribution >= 4 is 23.5 Å². The van der Waals surface area contributed by atoms with Crippen LogP contribution in [0.15, 0.2) is 24.3 Å². The van der Waals surface area contributed by atoms with Crippen molar-refractivity contribution in [1.82, 2.24) is 15.5 Å². The molecule has 7 nitrogen and oxygen atoms in total. The molecular weight excluding hydrogens is 320 g/mol. The quantitative estimate of drug-likeness (QED) is 0.712. The summed E-state index contributed by atoms with van der Waals surface area (Å²) in [5.41, 5.74) is 1.24. The molecule has 1 atom stereocenters. The Labute approximate surface area is 148 Å². The molecule has 1 aliphatic heterocycles. The molecule has 4 amide bonds. The number of carbonyl (C=O) groups is 3. The van der Waals surface area contributed by atoms with E-state index in [1.165, 1.54) is 13.3 Å². The van der Waals surface area contributed by atoms with Crippen molar-refractivity contribution in [2.75, 3.05) is 25.0 Å². The molecule has 1 heterocycles. The van der Waals surface area contributed by atoms with E-state index in [9.17, 15) is 14.4 Å². The zero-order chi connectivity index (χ0) is 18.2. The minimum Gasteiger partial charge on any atom is -0.355 e. The van der Waals surface area contributed by atoms with Gasteiger partial charge in [0.2, 0.25) is 5.91 Å². The number of likely N-dealkylation sites (tertiary alicyclic amines) is 1. The maximum absolute atomic E-state index is 12.6. The third kappa shape index (κ3) is 5.77. The summed E-state index contributed by atoms with van der Waals surface area (Å²) in [5, 5.41) is 7.93. The highest BCUT2D eigenvalue weighted by molar-refractivity contribution is 5.95. The minimum atomic E-state index is -0.353. The molecule has 1 aromatic rings. The van der Waals surface area contributed by atoms with Crippen LogP contribution in [-0.2, 0) is 4.79 Å². The zero-order valence-electron chi connectivity index (χ0n) is 14.8. The Kier molecular flexibility index (Phi) is 6.80. The van der Waals surface area contributed by atoms with Crippen LogP contribution in [0.4, 0.5) is 10.5 Å². The highest BCUT2D eigenvalue weighted by Gasteiger charge is 2.24. The molecule has 1 aromatic carbocycles. The van der Waals surface area contributed by atoms with Gasteiger partial charge in [0.1, 0.15) is 0 Å². The molecule has 7 heteroatoms. The zero-order valence-corrected chi connectivity index (χ0v) is 14.8. The standard InChI is InChI=1S/C18H26N4O3/c1-13-5-3-4-12-22(13)17(24)15-6-8-16(9-7-15)21-18(25)20-11-10-19-14(2)23/h6-9,13H,3-5,10-12H2,1-2H3,(H,19,23)(H2,20,21,25). The summed E-state index contributed by atoms with van der Waals surface area (Å²) in [5.74, 6) is -0.0935. The first-order valence-electron chi connectivity index (χ1n) is 8.67. The van der Waals surface area contributed by atoms with Crippen molar-refractivity contribution in [3.8, 4) is 0 Å². The van der Waals surface area contributed by atoms with Gasteiger partial charge in [-0.05, 0) is 50.5 Å². The molecule has 1 aliphatic rings. The van der Waals surface area contributed by atoms with Crippen LogP contribution in [0.25, 0.3) is 0 Å². The van der Waals surface area contributed by atoms with Crippen molar-refractivity contribution in [2.45, 2.75) is 39.2 Å². The molecule has 2 rings (SSSR count). The van der Waals surface area contributed by atoms with Gasteiger partial charge in [-0.3, -0.25) is 9.59 Å². The molecule has 0 aromatic heterocycles. The summed E-state index contributed by atoms with van der Waals surface area (Å²) in [6, 6.07) is 6.82. The number of amides is 4. The first-order chi connectivity index (χ1) is 12.0. The number of rotatable bonds is 5. The van der Waals surface area contributed by atoms with E-state index in [4.69, 9.17) is 0 Å². The first kappa shape index (κ1) is 18.8. The second-order valence-electron chi connectivity index (χ2n) is 6.28. The largest absolute Gasteiger partial charge is 0.355 e. The molecular formula is C18H26N4O3.